The number of nitrogens with zero attached hydrogens (tertiary/aromatic N) is 1. The Kier molecular flexibility index (Phi) is 3.38. The molecule has 1 atom stereocenters. The van der Waals surface area contributed by atoms with Gasteiger partial charge in [-0.05, 0) is 27.7 Å². The number of rotatable bonds is 2. The second-order valence-corrected chi connectivity index (χ2v) is 3.40. The molecule has 0 saturated heterocycles. The van der Waals surface area contributed by atoms with Gasteiger partial charge in [0, 0.05) is 0 Å². The van der Waals surface area contributed by atoms with Crippen molar-refractivity contribution in [3.05, 3.63) is 0 Å². The molecule has 0 fully saturated rings. The standard InChI is InChI=1S/C8H15NO/c1-7(5-6-9)10-8(2,3)4/h7H,5H2,1-4H3. The maximum atomic E-state index is 8.30. The third-order valence-electron chi connectivity index (χ3n) is 0.933. The highest BCUT2D eigenvalue weighted by Crippen LogP contribution is 2.11. The van der Waals surface area contributed by atoms with Crippen molar-refractivity contribution in [2.45, 2.75) is 45.8 Å². The molecule has 2 nitrogen and oxygen atoms in total. The highest BCUT2D eigenvalue weighted by molar-refractivity contribution is 4.75. The van der Waals surface area contributed by atoms with E-state index < -0.39 is 0 Å². The molecule has 0 aromatic rings. The van der Waals surface area contributed by atoms with Crippen LogP contribution in [-0.4, -0.2) is 11.7 Å². The van der Waals surface area contributed by atoms with Gasteiger partial charge in [0.1, 0.15) is 0 Å². The van der Waals surface area contributed by atoms with Gasteiger partial charge in [0.25, 0.3) is 0 Å². The number of ether oxygens (including phenoxy) is 1. The Hall–Kier alpha value is -0.550. The highest BCUT2D eigenvalue weighted by Gasteiger charge is 2.14. The Balaban J connectivity index is 3.60. The normalized spacial score (nSPS) is 14.3. The molecule has 0 rings (SSSR count). The van der Waals surface area contributed by atoms with Gasteiger partial charge in [-0.15, -0.1) is 0 Å². The summed E-state index contributed by atoms with van der Waals surface area (Å²) >= 11 is 0. The number of nitriles is 1. The van der Waals surface area contributed by atoms with E-state index in [1.54, 1.807) is 0 Å². The molecule has 58 valence electrons. The molecular weight excluding hydrogens is 126 g/mol. The summed E-state index contributed by atoms with van der Waals surface area (Å²) in [4.78, 5) is 0. The molecule has 0 spiro atoms. The predicted molar refractivity (Wildman–Crippen MR) is 40.5 cm³/mol. The minimum Gasteiger partial charge on any atom is -0.372 e. The van der Waals surface area contributed by atoms with Crippen molar-refractivity contribution < 1.29 is 4.74 Å². The summed E-state index contributed by atoms with van der Waals surface area (Å²) in [5.74, 6) is 0. The summed E-state index contributed by atoms with van der Waals surface area (Å²) in [6.07, 6.45) is 0.516. The highest BCUT2D eigenvalue weighted by atomic mass is 16.5. The molecule has 10 heavy (non-hydrogen) atoms. The van der Waals surface area contributed by atoms with Crippen LogP contribution in [-0.2, 0) is 4.74 Å². The largest absolute Gasteiger partial charge is 0.372 e. The molecular formula is C8H15NO. The molecule has 0 aliphatic rings. The van der Waals surface area contributed by atoms with Crippen molar-refractivity contribution in [3.63, 3.8) is 0 Å². The first kappa shape index (κ1) is 9.45. The fraction of sp³-hybridized carbons (Fsp3) is 0.875. The molecule has 0 heterocycles. The van der Waals surface area contributed by atoms with Gasteiger partial charge in [-0.2, -0.15) is 5.26 Å². The Morgan fingerprint density at radius 1 is 1.50 bits per heavy atom. The van der Waals surface area contributed by atoms with Gasteiger partial charge in [0.05, 0.1) is 24.2 Å². The van der Waals surface area contributed by atoms with E-state index in [9.17, 15) is 0 Å². The van der Waals surface area contributed by atoms with Crippen LogP contribution in [0.15, 0.2) is 0 Å². The Bertz CT molecular complexity index is 129. The summed E-state index contributed by atoms with van der Waals surface area (Å²) in [7, 11) is 0. The van der Waals surface area contributed by atoms with Gasteiger partial charge in [0.2, 0.25) is 0 Å². The summed E-state index contributed by atoms with van der Waals surface area (Å²) in [6, 6.07) is 2.07. The van der Waals surface area contributed by atoms with Gasteiger partial charge in [-0.1, -0.05) is 0 Å². The molecule has 0 amide bonds. The lowest BCUT2D eigenvalue weighted by atomic mass is 10.2. The van der Waals surface area contributed by atoms with Crippen molar-refractivity contribution in [2.75, 3.05) is 0 Å². The van der Waals surface area contributed by atoms with E-state index in [1.165, 1.54) is 0 Å². The monoisotopic (exact) mass is 141 g/mol. The van der Waals surface area contributed by atoms with Crippen molar-refractivity contribution >= 4 is 0 Å². The van der Waals surface area contributed by atoms with Crippen molar-refractivity contribution in [1.29, 1.82) is 5.26 Å². The Morgan fingerprint density at radius 3 is 2.30 bits per heavy atom. The van der Waals surface area contributed by atoms with Crippen molar-refractivity contribution in [1.82, 2.24) is 0 Å². The maximum absolute atomic E-state index is 8.30. The van der Waals surface area contributed by atoms with E-state index >= 15 is 0 Å². The average Bonchev–Trinajstić information content (AvgIpc) is 1.59. The van der Waals surface area contributed by atoms with Crippen LogP contribution in [0.25, 0.3) is 0 Å². The summed E-state index contributed by atoms with van der Waals surface area (Å²) in [6.45, 7) is 7.87. The topological polar surface area (TPSA) is 33.0 Å². The molecule has 0 radical (unpaired) electrons. The van der Waals surface area contributed by atoms with Gasteiger partial charge < -0.3 is 4.74 Å². The lowest BCUT2D eigenvalue weighted by Gasteiger charge is -2.23. The zero-order chi connectivity index (χ0) is 8.20. The lowest BCUT2D eigenvalue weighted by molar-refractivity contribution is -0.0486. The molecule has 0 bridgehead atoms. The fourth-order valence-corrected chi connectivity index (χ4v) is 0.774. The van der Waals surface area contributed by atoms with Gasteiger partial charge >= 0.3 is 0 Å². The zero-order valence-electron chi connectivity index (χ0n) is 7.14. The van der Waals surface area contributed by atoms with Crippen molar-refractivity contribution in [2.24, 2.45) is 0 Å². The summed E-state index contributed by atoms with van der Waals surface area (Å²) in [5, 5.41) is 8.30. The Morgan fingerprint density at radius 2 is 2.00 bits per heavy atom. The van der Waals surface area contributed by atoms with Crippen LogP contribution in [0.4, 0.5) is 0 Å². The SMILES string of the molecule is CC(CC#N)OC(C)(C)C. The molecule has 0 N–H and O–H groups in total. The lowest BCUT2D eigenvalue weighted by Crippen LogP contribution is -2.25. The molecule has 0 aromatic heterocycles. The van der Waals surface area contributed by atoms with Crippen LogP contribution in [0.3, 0.4) is 0 Å². The van der Waals surface area contributed by atoms with Crippen LogP contribution in [0, 0.1) is 11.3 Å². The molecule has 1 unspecified atom stereocenters. The predicted octanol–water partition coefficient (Wildman–Crippen LogP) is 2.10. The van der Waals surface area contributed by atoms with Crippen LogP contribution >= 0.6 is 0 Å². The first-order valence-electron chi connectivity index (χ1n) is 3.50. The van der Waals surface area contributed by atoms with Gasteiger partial charge in [-0.3, -0.25) is 0 Å². The Labute approximate surface area is 62.8 Å². The van der Waals surface area contributed by atoms with Crippen molar-refractivity contribution in [3.8, 4) is 6.07 Å². The zero-order valence-corrected chi connectivity index (χ0v) is 7.14. The summed E-state index contributed by atoms with van der Waals surface area (Å²) in [5.41, 5.74) is -0.129. The number of hydrogen-bond acceptors (Lipinski definition) is 2. The van der Waals surface area contributed by atoms with E-state index in [4.69, 9.17) is 10.00 Å². The minimum atomic E-state index is -0.129. The second-order valence-electron chi connectivity index (χ2n) is 3.40. The van der Waals surface area contributed by atoms with E-state index in [-0.39, 0.29) is 11.7 Å². The average molecular weight is 141 g/mol. The third kappa shape index (κ3) is 5.58. The molecule has 2 heteroatoms. The van der Waals surface area contributed by atoms with E-state index in [0.717, 1.165) is 0 Å². The molecule has 0 aliphatic carbocycles. The van der Waals surface area contributed by atoms with Crippen LogP contribution in [0.2, 0.25) is 0 Å². The molecule has 0 saturated carbocycles. The van der Waals surface area contributed by atoms with Gasteiger partial charge in [0.15, 0.2) is 0 Å². The smallest absolute Gasteiger partial charge is 0.0683 e. The number of hydrogen-bond donors (Lipinski definition) is 0. The summed E-state index contributed by atoms with van der Waals surface area (Å²) < 4.78 is 5.46. The quantitative estimate of drug-likeness (QED) is 0.590. The van der Waals surface area contributed by atoms with E-state index in [2.05, 4.69) is 6.07 Å². The van der Waals surface area contributed by atoms with E-state index in [1.807, 2.05) is 27.7 Å². The minimum absolute atomic E-state index is 0.0463. The third-order valence-corrected chi connectivity index (χ3v) is 0.933. The van der Waals surface area contributed by atoms with Crippen LogP contribution in [0.1, 0.15) is 34.1 Å². The first-order chi connectivity index (χ1) is 4.45. The van der Waals surface area contributed by atoms with Crippen LogP contribution < -0.4 is 0 Å². The van der Waals surface area contributed by atoms with Crippen LogP contribution in [0.5, 0.6) is 0 Å². The second kappa shape index (κ2) is 3.58. The van der Waals surface area contributed by atoms with E-state index in [0.29, 0.717) is 6.42 Å². The van der Waals surface area contributed by atoms with Gasteiger partial charge in [-0.25, -0.2) is 0 Å². The molecule has 0 aromatic carbocycles. The maximum Gasteiger partial charge on any atom is 0.0683 e. The fourth-order valence-electron chi connectivity index (χ4n) is 0.774. The first-order valence-corrected chi connectivity index (χ1v) is 3.50. The molecule has 0 aliphatic heterocycles.